The highest BCUT2D eigenvalue weighted by atomic mass is 19.1. The molecule has 0 fully saturated rings. The van der Waals surface area contributed by atoms with Crippen LogP contribution in [0.3, 0.4) is 0 Å². The normalized spacial score (nSPS) is 15.2. The quantitative estimate of drug-likeness (QED) is 0.639. The topological polar surface area (TPSA) is 88.1 Å². The molecule has 0 atom stereocenters. The van der Waals surface area contributed by atoms with Crippen LogP contribution in [0.25, 0.3) is 17.0 Å². The highest BCUT2D eigenvalue weighted by molar-refractivity contribution is 5.59. The van der Waals surface area contributed by atoms with E-state index in [9.17, 15) is 9.18 Å². The van der Waals surface area contributed by atoms with Crippen molar-refractivity contribution < 1.29 is 4.39 Å². The van der Waals surface area contributed by atoms with Crippen LogP contribution in [-0.4, -0.2) is 19.7 Å². The number of rotatable bonds is 5. The standard InChI is InChI=1S/C24H27FN6O/c1-5-18(20-21(26)31-14-24(2,3)29-23(31)30(4)22(20)32)27-12-15-6-8-16(9-7-15)19-11-10-17(25)13-28-19/h6-11,13,26-27H,5,12,14H2,1-4H3/b20-18+,26-21?. The Morgan fingerprint density at radius 1 is 1.22 bits per heavy atom. The first kappa shape index (κ1) is 21.7. The predicted octanol–water partition coefficient (Wildman–Crippen LogP) is 1.59. The Labute approximate surface area is 185 Å². The lowest BCUT2D eigenvalue weighted by molar-refractivity contribution is 0.466. The van der Waals surface area contributed by atoms with Crippen LogP contribution >= 0.6 is 0 Å². The van der Waals surface area contributed by atoms with E-state index < -0.39 is 0 Å². The lowest BCUT2D eigenvalue weighted by atomic mass is 10.1. The summed E-state index contributed by atoms with van der Waals surface area (Å²) in [4.78, 5) is 21.8. The summed E-state index contributed by atoms with van der Waals surface area (Å²) in [6, 6.07) is 10.9. The Hall–Kier alpha value is -3.55. The molecule has 0 radical (unpaired) electrons. The molecule has 3 aromatic rings. The Morgan fingerprint density at radius 3 is 2.56 bits per heavy atom. The van der Waals surface area contributed by atoms with Gasteiger partial charge in [-0.25, -0.2) is 9.38 Å². The summed E-state index contributed by atoms with van der Waals surface area (Å²) in [6.07, 6.45) is 1.80. The molecule has 0 saturated heterocycles. The SMILES string of the molecule is CC/C(NCc1ccc(-c2ccc(F)cn2)cc1)=c1\c(=O)n(C)c2n(c1=N)CC(C)(C)N=2. The van der Waals surface area contributed by atoms with Crippen molar-refractivity contribution in [2.24, 2.45) is 12.0 Å². The van der Waals surface area contributed by atoms with Gasteiger partial charge in [-0.05, 0) is 38.0 Å². The predicted molar refractivity (Wildman–Crippen MR) is 121 cm³/mol. The molecule has 1 aromatic carbocycles. The second-order valence-electron chi connectivity index (χ2n) is 8.64. The van der Waals surface area contributed by atoms with Crippen molar-refractivity contribution in [3.05, 3.63) is 80.7 Å². The van der Waals surface area contributed by atoms with Crippen LogP contribution in [0, 0.1) is 11.2 Å². The van der Waals surface area contributed by atoms with Crippen molar-refractivity contribution in [2.75, 3.05) is 0 Å². The van der Waals surface area contributed by atoms with Crippen LogP contribution in [0.15, 0.2) is 52.4 Å². The third-order valence-electron chi connectivity index (χ3n) is 5.65. The Kier molecular flexibility index (Phi) is 5.54. The third kappa shape index (κ3) is 4.00. The second-order valence-corrected chi connectivity index (χ2v) is 8.64. The molecule has 0 bridgehead atoms. The molecule has 0 saturated carbocycles. The number of nitrogens with one attached hydrogen (secondary N) is 2. The minimum Gasteiger partial charge on any atom is -0.384 e. The van der Waals surface area contributed by atoms with Gasteiger partial charge >= 0.3 is 0 Å². The van der Waals surface area contributed by atoms with Crippen molar-refractivity contribution in [3.8, 4) is 11.3 Å². The number of aromatic nitrogens is 3. The third-order valence-corrected chi connectivity index (χ3v) is 5.65. The smallest absolute Gasteiger partial charge is 0.265 e. The number of benzene rings is 1. The van der Waals surface area contributed by atoms with Crippen LogP contribution in [0.4, 0.5) is 4.39 Å². The van der Waals surface area contributed by atoms with Crippen LogP contribution in [0.1, 0.15) is 32.8 Å². The minimum atomic E-state index is -0.362. The molecular weight excluding hydrogens is 407 g/mol. The number of pyridine rings is 1. The maximum Gasteiger partial charge on any atom is 0.265 e. The zero-order chi connectivity index (χ0) is 23.0. The summed E-state index contributed by atoms with van der Waals surface area (Å²) in [5.74, 6) is -0.362. The first-order valence-corrected chi connectivity index (χ1v) is 10.6. The van der Waals surface area contributed by atoms with Crippen molar-refractivity contribution in [1.29, 1.82) is 5.41 Å². The van der Waals surface area contributed by atoms with E-state index in [0.29, 0.717) is 36.0 Å². The molecule has 1 aliphatic rings. The number of hydrogen-bond donors (Lipinski definition) is 2. The Morgan fingerprint density at radius 2 is 1.94 bits per heavy atom. The lowest BCUT2D eigenvalue weighted by Gasteiger charge is -2.14. The number of halogens is 1. The highest BCUT2D eigenvalue weighted by Gasteiger charge is 2.26. The molecule has 0 amide bonds. The molecule has 7 nitrogen and oxygen atoms in total. The fraction of sp³-hybridized carbons (Fsp3) is 0.333. The maximum atomic E-state index is 13.1. The summed E-state index contributed by atoms with van der Waals surface area (Å²) in [5.41, 5.74) is 3.54. The van der Waals surface area contributed by atoms with Crippen LogP contribution in [0.5, 0.6) is 0 Å². The second kappa shape index (κ2) is 8.18. The van der Waals surface area contributed by atoms with Gasteiger partial charge in [-0.1, -0.05) is 31.2 Å². The van der Waals surface area contributed by atoms with E-state index >= 15 is 0 Å². The van der Waals surface area contributed by atoms with Crippen LogP contribution in [0.2, 0.25) is 0 Å². The van der Waals surface area contributed by atoms with E-state index in [1.165, 1.54) is 16.8 Å². The van der Waals surface area contributed by atoms with Crippen LogP contribution in [-0.2, 0) is 20.1 Å². The van der Waals surface area contributed by atoms with Crippen molar-refractivity contribution in [2.45, 2.75) is 45.8 Å². The Bertz CT molecular complexity index is 1400. The van der Waals surface area contributed by atoms with Gasteiger partial charge < -0.3 is 5.32 Å². The van der Waals surface area contributed by atoms with E-state index in [1.54, 1.807) is 17.7 Å². The molecule has 1 aliphatic heterocycles. The molecule has 32 heavy (non-hydrogen) atoms. The summed E-state index contributed by atoms with van der Waals surface area (Å²) in [6.45, 7) is 7.05. The van der Waals surface area contributed by atoms with Gasteiger partial charge in [-0.15, -0.1) is 0 Å². The summed E-state index contributed by atoms with van der Waals surface area (Å²) in [5, 5.41) is 12.4. The molecule has 2 N–H and O–H groups in total. The number of hydrogen-bond acceptors (Lipinski definition) is 5. The van der Waals surface area contributed by atoms with Crippen LogP contribution < -0.4 is 27.2 Å². The highest BCUT2D eigenvalue weighted by Crippen LogP contribution is 2.18. The molecule has 0 aliphatic carbocycles. The van der Waals surface area contributed by atoms with Gasteiger partial charge in [0.15, 0.2) is 0 Å². The molecule has 8 heteroatoms. The van der Waals surface area contributed by atoms with Gasteiger partial charge in [-0.2, -0.15) is 0 Å². The lowest BCUT2D eigenvalue weighted by Crippen LogP contribution is -2.58. The first-order valence-electron chi connectivity index (χ1n) is 10.6. The first-order chi connectivity index (χ1) is 15.2. The fourth-order valence-electron chi connectivity index (χ4n) is 3.96. The van der Waals surface area contributed by atoms with Gasteiger partial charge in [0, 0.05) is 24.9 Å². The van der Waals surface area contributed by atoms with Gasteiger partial charge in [0.25, 0.3) is 5.56 Å². The van der Waals surface area contributed by atoms with E-state index in [4.69, 9.17) is 5.41 Å². The van der Waals surface area contributed by atoms with Gasteiger partial charge in [0.1, 0.15) is 16.5 Å². The molecule has 4 rings (SSSR count). The van der Waals surface area contributed by atoms with Crippen molar-refractivity contribution >= 4 is 5.70 Å². The summed E-state index contributed by atoms with van der Waals surface area (Å²) < 4.78 is 16.4. The Balaban J connectivity index is 1.65. The average molecular weight is 435 g/mol. The molecule has 0 spiro atoms. The molecular formula is C24H27FN6O. The van der Waals surface area contributed by atoms with Gasteiger partial charge in [0.05, 0.1) is 24.0 Å². The maximum absolute atomic E-state index is 13.1. The largest absolute Gasteiger partial charge is 0.384 e. The number of nitrogens with zero attached hydrogens (tertiary/aromatic N) is 4. The van der Waals surface area contributed by atoms with Crippen molar-refractivity contribution in [3.63, 3.8) is 0 Å². The molecule has 0 unspecified atom stereocenters. The van der Waals surface area contributed by atoms with Gasteiger partial charge in [0.2, 0.25) is 5.62 Å². The van der Waals surface area contributed by atoms with Crippen molar-refractivity contribution in [1.82, 2.24) is 19.4 Å². The molecule has 166 valence electrons. The minimum absolute atomic E-state index is 0.194. The van der Waals surface area contributed by atoms with E-state index in [1.807, 2.05) is 45.0 Å². The molecule has 3 heterocycles. The summed E-state index contributed by atoms with van der Waals surface area (Å²) in [7, 11) is 1.71. The average Bonchev–Trinajstić information content (AvgIpc) is 3.11. The van der Waals surface area contributed by atoms with E-state index in [0.717, 1.165) is 16.8 Å². The van der Waals surface area contributed by atoms with Gasteiger partial charge in [-0.3, -0.25) is 24.3 Å². The zero-order valence-electron chi connectivity index (χ0n) is 18.7. The van der Waals surface area contributed by atoms with E-state index in [2.05, 4.69) is 15.3 Å². The fourth-order valence-corrected chi connectivity index (χ4v) is 3.96. The molecule has 2 aromatic heterocycles. The summed E-state index contributed by atoms with van der Waals surface area (Å²) >= 11 is 0. The number of fused-ring (bicyclic) bond motifs is 1. The monoisotopic (exact) mass is 434 g/mol. The van der Waals surface area contributed by atoms with E-state index in [-0.39, 0.29) is 22.4 Å². The zero-order valence-corrected chi connectivity index (χ0v) is 18.7.